The zero-order chi connectivity index (χ0) is 7.78. The second kappa shape index (κ2) is 2.21. The maximum atomic E-state index is 11.9. The Morgan fingerprint density at radius 1 is 1.70 bits per heavy atom. The lowest BCUT2D eigenvalue weighted by Gasteiger charge is -1.87. The van der Waals surface area contributed by atoms with Gasteiger partial charge in [-0.3, -0.25) is 0 Å². The highest BCUT2D eigenvalue weighted by atomic mass is 35.5. The molecule has 0 spiro atoms. The smallest absolute Gasteiger partial charge is 0.170 e. The molecule has 4 nitrogen and oxygen atoms in total. The minimum absolute atomic E-state index is 0.0706. The summed E-state index contributed by atoms with van der Waals surface area (Å²) in [5, 5.41) is 3.18. The highest BCUT2D eigenvalue weighted by Gasteiger charge is 2.10. The van der Waals surface area contributed by atoms with E-state index in [0.717, 1.165) is 12.4 Å². The van der Waals surface area contributed by atoms with Crippen LogP contribution in [0.4, 0.5) is 3.89 Å². The highest BCUT2D eigenvalue weighted by Crippen LogP contribution is 2.07. The Balaban J connectivity index is 3.21. The standard InChI is InChI=1S/C3H2ClFN2O2S/c4-3-1-6-7(2-3)10(5,8)9/h1-2H. The van der Waals surface area contributed by atoms with Crippen molar-refractivity contribution in [3.8, 4) is 0 Å². The summed E-state index contributed by atoms with van der Waals surface area (Å²) < 4.78 is 32.1. The largest absolute Gasteiger partial charge is 0.418 e. The molecular weight excluding hydrogens is 183 g/mol. The van der Waals surface area contributed by atoms with Gasteiger partial charge >= 0.3 is 10.4 Å². The number of aromatic nitrogens is 2. The molecule has 1 rings (SSSR count). The molecule has 7 heteroatoms. The summed E-state index contributed by atoms with van der Waals surface area (Å²) in [6.45, 7) is 0. The number of halogens is 2. The Hall–Kier alpha value is -0.620. The van der Waals surface area contributed by atoms with E-state index in [2.05, 4.69) is 5.10 Å². The molecular formula is C3H2ClFN2O2S. The normalized spacial score (nSPS) is 11.8. The summed E-state index contributed by atoms with van der Waals surface area (Å²) >= 11 is 5.25. The molecule has 0 N–H and O–H groups in total. The Morgan fingerprint density at radius 2 is 2.30 bits per heavy atom. The van der Waals surface area contributed by atoms with E-state index in [4.69, 9.17) is 11.6 Å². The van der Waals surface area contributed by atoms with Gasteiger partial charge in [-0.25, -0.2) is 0 Å². The minimum atomic E-state index is -4.76. The number of rotatable bonds is 1. The van der Waals surface area contributed by atoms with Crippen molar-refractivity contribution in [3.05, 3.63) is 17.4 Å². The van der Waals surface area contributed by atoms with E-state index < -0.39 is 10.4 Å². The first-order valence-electron chi connectivity index (χ1n) is 2.15. The first-order valence-corrected chi connectivity index (χ1v) is 3.87. The van der Waals surface area contributed by atoms with Gasteiger partial charge in [-0.1, -0.05) is 15.5 Å². The Labute approximate surface area is 61.6 Å². The van der Waals surface area contributed by atoms with Crippen LogP contribution in [0.1, 0.15) is 0 Å². The number of nitrogens with zero attached hydrogens (tertiary/aromatic N) is 2. The van der Waals surface area contributed by atoms with Crippen LogP contribution in [-0.4, -0.2) is 17.6 Å². The van der Waals surface area contributed by atoms with Crippen molar-refractivity contribution < 1.29 is 12.3 Å². The Morgan fingerprint density at radius 3 is 2.50 bits per heavy atom. The van der Waals surface area contributed by atoms with Gasteiger partial charge in [-0.2, -0.15) is 13.5 Å². The predicted octanol–water partition coefficient (Wildman–Crippen LogP) is 0.599. The second-order valence-corrected chi connectivity index (χ2v) is 3.11. The molecule has 1 heterocycles. The van der Waals surface area contributed by atoms with Crippen molar-refractivity contribution in [1.82, 2.24) is 9.19 Å². The fourth-order valence-corrected chi connectivity index (χ4v) is 0.997. The molecule has 10 heavy (non-hydrogen) atoms. The summed E-state index contributed by atoms with van der Waals surface area (Å²) in [4.78, 5) is 0. The monoisotopic (exact) mass is 184 g/mol. The minimum Gasteiger partial charge on any atom is -0.170 e. The van der Waals surface area contributed by atoms with Crippen LogP contribution in [0.5, 0.6) is 0 Å². The summed E-state index contributed by atoms with van der Waals surface area (Å²) in [6, 6.07) is 0. The summed E-state index contributed by atoms with van der Waals surface area (Å²) in [6.07, 6.45) is 1.88. The zero-order valence-electron chi connectivity index (χ0n) is 4.53. The van der Waals surface area contributed by atoms with E-state index in [9.17, 15) is 12.3 Å². The van der Waals surface area contributed by atoms with Gasteiger partial charge in [0.15, 0.2) is 0 Å². The third-order valence-corrected chi connectivity index (χ3v) is 1.59. The van der Waals surface area contributed by atoms with Crippen molar-refractivity contribution in [2.24, 2.45) is 0 Å². The molecule has 56 valence electrons. The van der Waals surface area contributed by atoms with Gasteiger partial charge in [0.25, 0.3) is 0 Å². The van der Waals surface area contributed by atoms with Gasteiger partial charge in [-0.15, -0.1) is 4.09 Å². The zero-order valence-corrected chi connectivity index (χ0v) is 6.10. The van der Waals surface area contributed by atoms with Crippen LogP contribution in [0.2, 0.25) is 5.02 Å². The molecule has 0 bridgehead atoms. The summed E-state index contributed by atoms with van der Waals surface area (Å²) in [5.74, 6) is 0. The van der Waals surface area contributed by atoms with Crippen LogP contribution >= 0.6 is 11.6 Å². The molecule has 0 atom stereocenters. The lowest BCUT2D eigenvalue weighted by molar-refractivity contribution is 0.533. The van der Waals surface area contributed by atoms with Gasteiger partial charge in [-0.05, 0) is 0 Å². The second-order valence-electron chi connectivity index (χ2n) is 1.47. The number of hydrogen-bond donors (Lipinski definition) is 0. The van der Waals surface area contributed by atoms with Gasteiger partial charge < -0.3 is 0 Å². The molecule has 0 unspecified atom stereocenters. The van der Waals surface area contributed by atoms with E-state index in [1.807, 2.05) is 0 Å². The Kier molecular flexibility index (Phi) is 1.65. The van der Waals surface area contributed by atoms with Crippen LogP contribution in [0, 0.1) is 0 Å². The highest BCUT2D eigenvalue weighted by molar-refractivity contribution is 7.84. The molecule has 0 aliphatic heterocycles. The average Bonchev–Trinajstić information content (AvgIpc) is 2.11. The van der Waals surface area contributed by atoms with Crippen molar-refractivity contribution in [2.75, 3.05) is 0 Å². The van der Waals surface area contributed by atoms with Crippen LogP contribution in [0.25, 0.3) is 0 Å². The molecule has 0 saturated carbocycles. The molecule has 0 saturated heterocycles. The molecule has 0 aromatic carbocycles. The van der Waals surface area contributed by atoms with Crippen LogP contribution in [0.3, 0.4) is 0 Å². The fourth-order valence-electron chi connectivity index (χ4n) is 0.403. The van der Waals surface area contributed by atoms with Crippen molar-refractivity contribution in [3.63, 3.8) is 0 Å². The lowest BCUT2D eigenvalue weighted by Crippen LogP contribution is -2.05. The van der Waals surface area contributed by atoms with Crippen molar-refractivity contribution >= 4 is 22.0 Å². The van der Waals surface area contributed by atoms with E-state index in [1.165, 1.54) is 0 Å². The number of hydrogen-bond acceptors (Lipinski definition) is 3. The SMILES string of the molecule is O=S(=O)(F)n1cc(Cl)cn1. The summed E-state index contributed by atoms with van der Waals surface area (Å²) in [5.41, 5.74) is 0. The molecule has 0 aliphatic rings. The van der Waals surface area contributed by atoms with Gasteiger partial charge in [0.2, 0.25) is 0 Å². The van der Waals surface area contributed by atoms with Crippen molar-refractivity contribution in [2.45, 2.75) is 0 Å². The van der Waals surface area contributed by atoms with Crippen LogP contribution in [-0.2, 0) is 10.4 Å². The van der Waals surface area contributed by atoms with Crippen molar-refractivity contribution in [1.29, 1.82) is 0 Å². The molecule has 0 fully saturated rings. The van der Waals surface area contributed by atoms with Crippen LogP contribution < -0.4 is 0 Å². The maximum Gasteiger partial charge on any atom is 0.418 e. The average molecular weight is 185 g/mol. The molecule has 1 aromatic heterocycles. The topological polar surface area (TPSA) is 52.0 Å². The maximum absolute atomic E-state index is 11.9. The van der Waals surface area contributed by atoms with Gasteiger partial charge in [0.1, 0.15) is 0 Å². The predicted molar refractivity (Wildman–Crippen MR) is 32.7 cm³/mol. The third-order valence-electron chi connectivity index (χ3n) is 0.752. The van der Waals surface area contributed by atoms with Gasteiger partial charge in [0.05, 0.1) is 17.4 Å². The third kappa shape index (κ3) is 1.45. The lowest BCUT2D eigenvalue weighted by atomic mass is 10.8. The molecule has 0 radical (unpaired) electrons. The molecule has 0 amide bonds. The van der Waals surface area contributed by atoms with E-state index in [0.29, 0.717) is 0 Å². The van der Waals surface area contributed by atoms with Gasteiger partial charge in [0, 0.05) is 0 Å². The first-order chi connectivity index (χ1) is 4.50. The first kappa shape index (κ1) is 7.49. The molecule has 0 aliphatic carbocycles. The summed E-state index contributed by atoms with van der Waals surface area (Å²) in [7, 11) is -4.76. The van der Waals surface area contributed by atoms with E-state index >= 15 is 0 Å². The Bertz CT molecular complexity index is 332. The van der Waals surface area contributed by atoms with E-state index in [1.54, 1.807) is 0 Å². The quantitative estimate of drug-likeness (QED) is 0.601. The van der Waals surface area contributed by atoms with E-state index in [-0.39, 0.29) is 9.11 Å². The fraction of sp³-hybridized carbons (Fsp3) is 0. The molecule has 1 aromatic rings. The van der Waals surface area contributed by atoms with Crippen LogP contribution in [0.15, 0.2) is 12.4 Å².